The van der Waals surface area contributed by atoms with Crippen LogP contribution in [-0.4, -0.2) is 21.8 Å². The van der Waals surface area contributed by atoms with E-state index in [9.17, 15) is 9.59 Å². The number of ketones is 2. The highest BCUT2D eigenvalue weighted by Gasteiger charge is 2.70. The monoisotopic (exact) mass is 555 g/mol. The minimum atomic E-state index is -0.640. The van der Waals surface area contributed by atoms with Gasteiger partial charge in [0.15, 0.2) is 11.6 Å². The van der Waals surface area contributed by atoms with Gasteiger partial charge in [0.2, 0.25) is 17.5 Å². The second-order valence-corrected chi connectivity index (χ2v) is 16.6. The van der Waals surface area contributed by atoms with Crippen molar-refractivity contribution in [2.45, 2.75) is 118 Å². The molecule has 0 aliphatic heterocycles. The molecule has 0 N–H and O–H groups in total. The quantitative estimate of drug-likeness (QED) is 0.348. The van der Waals surface area contributed by atoms with E-state index in [4.69, 9.17) is 16.1 Å². The molecular formula is C35H45N3O3. The van der Waals surface area contributed by atoms with Gasteiger partial charge in [-0.2, -0.15) is 0 Å². The summed E-state index contributed by atoms with van der Waals surface area (Å²) in [5.41, 5.74) is -0.310. The van der Waals surface area contributed by atoms with Gasteiger partial charge in [-0.3, -0.25) is 4.79 Å². The SMILES string of the molecule is [C-]#[N+]C1=C[C@]2(C)C3=CC(=O)[C@@H]4[C@@H]5CC(C)(C)CC[C@]5(c5nnc(C6CC6)o5)CC[C@@]4(C)[C@]3(C)CC[C@H]2C(C)(C)C1=O. The van der Waals surface area contributed by atoms with Crippen molar-refractivity contribution in [3.05, 3.63) is 46.6 Å². The van der Waals surface area contributed by atoms with Crippen LogP contribution in [0, 0.1) is 51.4 Å². The molecule has 0 saturated heterocycles. The molecule has 41 heavy (non-hydrogen) atoms. The number of aromatic nitrogens is 2. The van der Waals surface area contributed by atoms with E-state index in [1.165, 1.54) is 0 Å². The Kier molecular flexibility index (Phi) is 5.38. The molecule has 6 nitrogen and oxygen atoms in total. The summed E-state index contributed by atoms with van der Waals surface area (Å²) >= 11 is 0. The molecule has 6 aliphatic carbocycles. The topological polar surface area (TPSA) is 77.4 Å². The van der Waals surface area contributed by atoms with E-state index in [0.717, 1.165) is 75.1 Å². The van der Waals surface area contributed by atoms with E-state index in [2.05, 4.69) is 44.6 Å². The number of rotatable bonds is 2. The number of allylic oxidation sites excluding steroid dienone is 4. The molecule has 0 unspecified atom stereocenters. The molecule has 7 rings (SSSR count). The Morgan fingerprint density at radius 3 is 2.32 bits per heavy atom. The molecule has 7 atom stereocenters. The van der Waals surface area contributed by atoms with E-state index < -0.39 is 10.8 Å². The zero-order valence-electron chi connectivity index (χ0n) is 25.9. The molecule has 1 aromatic rings. The maximum absolute atomic E-state index is 14.7. The maximum atomic E-state index is 14.7. The number of hydrogen-bond acceptors (Lipinski definition) is 5. The third kappa shape index (κ3) is 3.35. The van der Waals surface area contributed by atoms with Gasteiger partial charge in [-0.1, -0.05) is 60.1 Å². The number of carbonyl (C=O) groups is 2. The molecule has 0 amide bonds. The Balaban J connectivity index is 1.38. The number of carbonyl (C=O) groups excluding carboxylic acids is 2. The Bertz CT molecular complexity index is 1470. The third-order valence-corrected chi connectivity index (χ3v) is 13.6. The fourth-order valence-corrected chi connectivity index (χ4v) is 10.9. The van der Waals surface area contributed by atoms with Crippen LogP contribution in [0.5, 0.6) is 0 Å². The van der Waals surface area contributed by atoms with Crippen molar-refractivity contribution in [1.29, 1.82) is 0 Å². The van der Waals surface area contributed by atoms with Crippen LogP contribution in [0.25, 0.3) is 4.85 Å². The number of hydrogen-bond donors (Lipinski definition) is 0. The average Bonchev–Trinajstić information content (AvgIpc) is 3.63. The maximum Gasteiger partial charge on any atom is 0.226 e. The van der Waals surface area contributed by atoms with E-state index in [1.807, 2.05) is 26.0 Å². The van der Waals surface area contributed by atoms with Crippen molar-refractivity contribution in [3.63, 3.8) is 0 Å². The molecule has 0 spiro atoms. The van der Waals surface area contributed by atoms with Crippen molar-refractivity contribution in [2.24, 2.45) is 44.8 Å². The molecule has 6 aliphatic rings. The fourth-order valence-electron chi connectivity index (χ4n) is 10.9. The molecule has 1 aromatic heterocycles. The standard InChI is InChI=1S/C35H45N3O3/c1-30(2)13-15-35(29-38-37-28(41-29)20-9-10-20)16-14-34(7)26(21(35)18-30)23(39)17-25-32(5)19-22(36-8)27(40)31(3,4)24(32)11-12-33(25,34)6/h17,19-21,24,26H,9-16,18H2,1-7H3/t21-,24-,26-,32-,33+,34+,35-/m0/s1. The molecule has 0 aromatic carbocycles. The molecule has 6 heteroatoms. The van der Waals surface area contributed by atoms with Gasteiger partial charge in [0, 0.05) is 22.7 Å². The van der Waals surface area contributed by atoms with E-state index in [-0.39, 0.29) is 56.7 Å². The minimum absolute atomic E-state index is 0.0533. The first-order valence-electron chi connectivity index (χ1n) is 15.9. The number of Topliss-reactive ketones (excluding diaryl/α,β-unsaturated/α-hetero) is 1. The number of fused-ring (bicyclic) bond motifs is 7. The smallest absolute Gasteiger partial charge is 0.226 e. The first-order valence-corrected chi connectivity index (χ1v) is 15.9. The van der Waals surface area contributed by atoms with Crippen LogP contribution in [0.3, 0.4) is 0 Å². The Labute approximate surface area is 244 Å². The van der Waals surface area contributed by atoms with Crippen molar-refractivity contribution in [1.82, 2.24) is 10.2 Å². The lowest BCUT2D eigenvalue weighted by atomic mass is 9.34. The van der Waals surface area contributed by atoms with Crippen LogP contribution in [-0.2, 0) is 15.0 Å². The van der Waals surface area contributed by atoms with Gasteiger partial charge in [-0.15, -0.1) is 10.2 Å². The van der Waals surface area contributed by atoms with Gasteiger partial charge in [-0.25, -0.2) is 4.85 Å². The van der Waals surface area contributed by atoms with E-state index >= 15 is 0 Å². The molecule has 0 bridgehead atoms. The Morgan fingerprint density at radius 2 is 1.63 bits per heavy atom. The van der Waals surface area contributed by atoms with Crippen LogP contribution in [0.4, 0.5) is 0 Å². The zero-order chi connectivity index (χ0) is 29.4. The Hall–Kier alpha value is -2.55. The highest BCUT2D eigenvalue weighted by atomic mass is 16.4. The molecular weight excluding hydrogens is 510 g/mol. The third-order valence-electron chi connectivity index (χ3n) is 13.6. The van der Waals surface area contributed by atoms with Crippen molar-refractivity contribution >= 4 is 11.6 Å². The molecule has 1 heterocycles. The fraction of sp³-hybridized carbons (Fsp3) is 0.743. The Morgan fingerprint density at radius 1 is 0.927 bits per heavy atom. The molecule has 4 fully saturated rings. The second kappa shape index (κ2) is 8.08. The van der Waals surface area contributed by atoms with Gasteiger partial charge >= 0.3 is 0 Å². The first kappa shape index (κ1) is 27.3. The summed E-state index contributed by atoms with van der Waals surface area (Å²) in [5.74, 6) is 2.24. The van der Waals surface area contributed by atoms with E-state index in [1.54, 1.807) is 0 Å². The van der Waals surface area contributed by atoms with Gasteiger partial charge < -0.3 is 9.21 Å². The summed E-state index contributed by atoms with van der Waals surface area (Å²) in [6.45, 7) is 23.5. The van der Waals surface area contributed by atoms with Crippen molar-refractivity contribution in [3.8, 4) is 0 Å². The summed E-state index contributed by atoms with van der Waals surface area (Å²) in [6, 6.07) is 0. The molecule has 4 saturated carbocycles. The van der Waals surface area contributed by atoms with Crippen LogP contribution in [0.15, 0.2) is 27.8 Å². The van der Waals surface area contributed by atoms with Crippen molar-refractivity contribution < 1.29 is 14.0 Å². The summed E-state index contributed by atoms with van der Waals surface area (Å²) in [5, 5.41) is 9.22. The molecule has 218 valence electrons. The van der Waals surface area contributed by atoms with Crippen LogP contribution >= 0.6 is 0 Å². The van der Waals surface area contributed by atoms with Gasteiger partial charge in [0.25, 0.3) is 0 Å². The lowest BCUT2D eigenvalue weighted by molar-refractivity contribution is -0.161. The summed E-state index contributed by atoms with van der Waals surface area (Å²) in [7, 11) is 0. The average molecular weight is 556 g/mol. The highest BCUT2D eigenvalue weighted by molar-refractivity contribution is 6.03. The highest BCUT2D eigenvalue weighted by Crippen LogP contribution is 2.74. The first-order chi connectivity index (χ1) is 19.1. The zero-order valence-corrected chi connectivity index (χ0v) is 25.9. The minimum Gasteiger partial charge on any atom is -0.424 e. The van der Waals surface area contributed by atoms with Gasteiger partial charge in [0.1, 0.15) is 0 Å². The normalized spacial score (nSPS) is 44.4. The van der Waals surface area contributed by atoms with Gasteiger partial charge in [-0.05, 0) is 91.9 Å². The summed E-state index contributed by atoms with van der Waals surface area (Å²) in [6.07, 6.45) is 13.0. The van der Waals surface area contributed by atoms with Crippen LogP contribution in [0.1, 0.15) is 124 Å². The number of nitrogens with zero attached hydrogens (tertiary/aromatic N) is 3. The summed E-state index contributed by atoms with van der Waals surface area (Å²) in [4.78, 5) is 31.7. The molecule has 0 radical (unpaired) electrons. The predicted octanol–water partition coefficient (Wildman–Crippen LogP) is 7.77. The summed E-state index contributed by atoms with van der Waals surface area (Å²) < 4.78 is 6.48. The second-order valence-electron chi connectivity index (χ2n) is 16.6. The van der Waals surface area contributed by atoms with Gasteiger partial charge in [0.05, 0.1) is 12.0 Å². The lowest BCUT2D eigenvalue weighted by Gasteiger charge is -2.69. The van der Waals surface area contributed by atoms with Crippen molar-refractivity contribution in [2.75, 3.05) is 0 Å². The largest absolute Gasteiger partial charge is 0.424 e. The van der Waals surface area contributed by atoms with E-state index in [0.29, 0.717) is 5.92 Å². The van der Waals surface area contributed by atoms with Crippen LogP contribution in [0.2, 0.25) is 0 Å². The predicted molar refractivity (Wildman–Crippen MR) is 155 cm³/mol. The van der Waals surface area contributed by atoms with Crippen LogP contribution < -0.4 is 0 Å². The lowest BCUT2D eigenvalue weighted by Crippen LogP contribution is -2.65.